The lowest BCUT2D eigenvalue weighted by atomic mass is 10.0. The average Bonchev–Trinajstić information content (AvgIpc) is 3.17. The van der Waals surface area contributed by atoms with E-state index in [1.165, 1.54) is 6.92 Å². The minimum absolute atomic E-state index is 0.00704. The molecular weight excluding hydrogens is 360 g/mol. The van der Waals surface area contributed by atoms with Gasteiger partial charge in [-0.3, -0.25) is 9.59 Å². The van der Waals surface area contributed by atoms with Gasteiger partial charge in [0.25, 0.3) is 5.91 Å². The molecule has 0 unspecified atom stereocenters. The van der Waals surface area contributed by atoms with E-state index in [2.05, 4.69) is 15.5 Å². The van der Waals surface area contributed by atoms with Crippen LogP contribution in [0, 0.1) is 0 Å². The molecule has 2 aliphatic rings. The van der Waals surface area contributed by atoms with Gasteiger partial charge in [0.1, 0.15) is 0 Å². The third-order valence-electron chi connectivity index (χ3n) is 5.05. The normalized spacial score (nSPS) is 18.2. The van der Waals surface area contributed by atoms with E-state index in [9.17, 15) is 9.59 Å². The van der Waals surface area contributed by atoms with Gasteiger partial charge in [0.05, 0.1) is 13.2 Å². The van der Waals surface area contributed by atoms with Crippen LogP contribution < -0.4 is 5.32 Å². The molecular formula is C20H22N4O4. The third-order valence-corrected chi connectivity index (χ3v) is 5.05. The van der Waals surface area contributed by atoms with Crippen LogP contribution in [-0.4, -0.2) is 58.9 Å². The van der Waals surface area contributed by atoms with Gasteiger partial charge in [0.2, 0.25) is 0 Å². The Balaban J connectivity index is 1.38. The van der Waals surface area contributed by atoms with Crippen LogP contribution in [0.4, 0.5) is 11.5 Å². The number of likely N-dealkylation sites (tertiary alicyclic amines) is 1. The third kappa shape index (κ3) is 3.88. The number of piperidine rings is 1. The van der Waals surface area contributed by atoms with Crippen LogP contribution in [0.5, 0.6) is 0 Å². The number of rotatable bonds is 4. The van der Waals surface area contributed by atoms with Crippen molar-refractivity contribution < 1.29 is 19.1 Å². The second-order valence-electron chi connectivity index (χ2n) is 6.97. The van der Waals surface area contributed by atoms with Crippen LogP contribution in [0.2, 0.25) is 0 Å². The second kappa shape index (κ2) is 7.65. The van der Waals surface area contributed by atoms with E-state index in [0.717, 1.165) is 5.69 Å². The number of amides is 1. The SMILES string of the molecule is CC(=O)c1cccc(Nc2ccc(C(=O)N3CCC4(CC3)OCCO4)nn2)c1. The molecule has 28 heavy (non-hydrogen) atoms. The van der Waals surface area contributed by atoms with Crippen LogP contribution in [0.15, 0.2) is 36.4 Å². The fraction of sp³-hybridized carbons (Fsp3) is 0.400. The number of benzene rings is 1. The Bertz CT molecular complexity index is 868. The van der Waals surface area contributed by atoms with Crippen molar-refractivity contribution in [1.29, 1.82) is 0 Å². The zero-order valence-corrected chi connectivity index (χ0v) is 15.7. The fourth-order valence-corrected chi connectivity index (χ4v) is 3.48. The molecule has 2 aliphatic heterocycles. The van der Waals surface area contributed by atoms with Crippen molar-refractivity contribution in [3.05, 3.63) is 47.7 Å². The lowest BCUT2D eigenvalue weighted by molar-refractivity contribution is -0.181. The van der Waals surface area contributed by atoms with Gasteiger partial charge in [-0.15, -0.1) is 10.2 Å². The standard InChI is InChI=1S/C20H22N4O4/c1-14(25)15-3-2-4-16(13-15)21-18-6-5-17(22-23-18)19(26)24-9-7-20(8-10-24)27-11-12-28-20/h2-6,13H,7-12H2,1H3,(H,21,23). The molecule has 1 spiro atoms. The molecule has 2 aromatic rings. The zero-order valence-electron chi connectivity index (χ0n) is 15.7. The Morgan fingerprint density at radius 2 is 1.82 bits per heavy atom. The molecule has 3 heterocycles. The van der Waals surface area contributed by atoms with E-state index < -0.39 is 5.79 Å². The summed E-state index contributed by atoms with van der Waals surface area (Å²) >= 11 is 0. The largest absolute Gasteiger partial charge is 0.347 e. The van der Waals surface area contributed by atoms with Crippen LogP contribution in [-0.2, 0) is 9.47 Å². The highest BCUT2D eigenvalue weighted by atomic mass is 16.7. The fourth-order valence-electron chi connectivity index (χ4n) is 3.48. The quantitative estimate of drug-likeness (QED) is 0.812. The number of Topliss-reactive ketones (excluding diaryl/α,β-unsaturated/α-hetero) is 1. The number of ether oxygens (including phenoxy) is 2. The summed E-state index contributed by atoms with van der Waals surface area (Å²) < 4.78 is 11.4. The highest BCUT2D eigenvalue weighted by molar-refractivity contribution is 5.95. The summed E-state index contributed by atoms with van der Waals surface area (Å²) in [5, 5.41) is 11.2. The smallest absolute Gasteiger partial charge is 0.274 e. The van der Waals surface area contributed by atoms with Crippen molar-refractivity contribution >= 4 is 23.2 Å². The van der Waals surface area contributed by atoms with Gasteiger partial charge in [-0.1, -0.05) is 12.1 Å². The summed E-state index contributed by atoms with van der Waals surface area (Å²) in [6.07, 6.45) is 1.33. The number of carbonyl (C=O) groups is 2. The van der Waals surface area contributed by atoms with Crippen LogP contribution in [0.1, 0.15) is 40.6 Å². The molecule has 1 N–H and O–H groups in total. The number of hydrogen-bond donors (Lipinski definition) is 1. The highest BCUT2D eigenvalue weighted by Crippen LogP contribution is 2.31. The molecule has 0 aliphatic carbocycles. The van der Waals surface area contributed by atoms with E-state index >= 15 is 0 Å². The molecule has 0 radical (unpaired) electrons. The molecule has 8 heteroatoms. The molecule has 1 aromatic heterocycles. The monoisotopic (exact) mass is 382 g/mol. The molecule has 0 saturated carbocycles. The van der Waals surface area contributed by atoms with E-state index in [1.807, 2.05) is 6.07 Å². The van der Waals surface area contributed by atoms with E-state index in [-0.39, 0.29) is 11.7 Å². The van der Waals surface area contributed by atoms with Crippen LogP contribution in [0.3, 0.4) is 0 Å². The number of hydrogen-bond acceptors (Lipinski definition) is 7. The predicted octanol–water partition coefficient (Wildman–Crippen LogP) is 2.40. The van der Waals surface area contributed by atoms with Gasteiger partial charge in [0.15, 0.2) is 23.1 Å². The second-order valence-corrected chi connectivity index (χ2v) is 6.97. The number of nitrogens with zero attached hydrogens (tertiary/aromatic N) is 3. The first-order valence-electron chi connectivity index (χ1n) is 9.34. The topological polar surface area (TPSA) is 93.7 Å². The van der Waals surface area contributed by atoms with Crippen LogP contribution >= 0.6 is 0 Å². The summed E-state index contributed by atoms with van der Waals surface area (Å²) in [5.74, 6) is -0.162. The van der Waals surface area contributed by atoms with E-state index in [0.29, 0.717) is 56.2 Å². The van der Waals surface area contributed by atoms with Crippen molar-refractivity contribution in [2.75, 3.05) is 31.6 Å². The van der Waals surface area contributed by atoms with Gasteiger partial charge in [-0.25, -0.2) is 0 Å². The molecule has 1 amide bonds. The number of nitrogens with one attached hydrogen (secondary N) is 1. The summed E-state index contributed by atoms with van der Waals surface area (Å²) in [6.45, 7) is 3.88. The highest BCUT2D eigenvalue weighted by Gasteiger charge is 2.41. The molecule has 0 bridgehead atoms. The van der Waals surface area contributed by atoms with E-state index in [4.69, 9.17) is 9.47 Å². The van der Waals surface area contributed by atoms with Crippen molar-refractivity contribution in [2.45, 2.75) is 25.6 Å². The number of aromatic nitrogens is 2. The van der Waals surface area contributed by atoms with Crippen molar-refractivity contribution in [3.63, 3.8) is 0 Å². The van der Waals surface area contributed by atoms with Gasteiger partial charge in [-0.2, -0.15) is 0 Å². The minimum atomic E-state index is -0.509. The predicted molar refractivity (Wildman–Crippen MR) is 102 cm³/mol. The summed E-state index contributed by atoms with van der Waals surface area (Å²) in [7, 11) is 0. The summed E-state index contributed by atoms with van der Waals surface area (Å²) in [4.78, 5) is 25.9. The number of carbonyl (C=O) groups excluding carboxylic acids is 2. The van der Waals surface area contributed by atoms with Crippen LogP contribution in [0.25, 0.3) is 0 Å². The van der Waals surface area contributed by atoms with Gasteiger partial charge >= 0.3 is 0 Å². The maximum atomic E-state index is 12.7. The lowest BCUT2D eigenvalue weighted by Crippen LogP contribution is -2.47. The van der Waals surface area contributed by atoms with Gasteiger partial charge < -0.3 is 19.7 Å². The molecule has 146 valence electrons. The molecule has 1 aromatic carbocycles. The van der Waals surface area contributed by atoms with Crippen molar-refractivity contribution in [3.8, 4) is 0 Å². The maximum absolute atomic E-state index is 12.7. The van der Waals surface area contributed by atoms with Crippen molar-refractivity contribution in [1.82, 2.24) is 15.1 Å². The Hall–Kier alpha value is -2.84. The Morgan fingerprint density at radius 1 is 1.07 bits per heavy atom. The molecule has 0 atom stereocenters. The molecule has 4 rings (SSSR count). The first-order valence-corrected chi connectivity index (χ1v) is 9.34. The minimum Gasteiger partial charge on any atom is -0.347 e. The summed E-state index contributed by atoms with van der Waals surface area (Å²) in [5.41, 5.74) is 1.65. The lowest BCUT2D eigenvalue weighted by Gasteiger charge is -2.37. The number of ketones is 1. The summed E-state index contributed by atoms with van der Waals surface area (Å²) in [6, 6.07) is 10.5. The average molecular weight is 382 g/mol. The van der Waals surface area contributed by atoms with E-state index in [1.54, 1.807) is 35.2 Å². The first kappa shape index (κ1) is 18.5. The maximum Gasteiger partial charge on any atom is 0.274 e. The Kier molecular flexibility index (Phi) is 5.06. The first-order chi connectivity index (χ1) is 13.5. The number of anilines is 2. The Morgan fingerprint density at radius 3 is 2.46 bits per heavy atom. The zero-order chi connectivity index (χ0) is 19.6. The van der Waals surface area contributed by atoms with Crippen molar-refractivity contribution in [2.24, 2.45) is 0 Å². The molecule has 2 fully saturated rings. The molecule has 8 nitrogen and oxygen atoms in total. The van der Waals surface area contributed by atoms with Gasteiger partial charge in [-0.05, 0) is 31.2 Å². The Labute approximate surface area is 162 Å². The molecule has 2 saturated heterocycles. The van der Waals surface area contributed by atoms with Gasteiger partial charge in [0, 0.05) is 37.2 Å².